The summed E-state index contributed by atoms with van der Waals surface area (Å²) in [6.07, 6.45) is 6.17. The fourth-order valence-corrected chi connectivity index (χ4v) is 3.33. The van der Waals surface area contributed by atoms with Gasteiger partial charge in [0.05, 0.1) is 21.4 Å². The fraction of sp³-hybridized carbons (Fsp3) is 0.0667. The lowest BCUT2D eigenvalue weighted by molar-refractivity contribution is -0.131. The molecule has 0 saturated heterocycles. The number of thioether (sulfide) groups is 1. The van der Waals surface area contributed by atoms with Crippen LogP contribution in [0.3, 0.4) is 0 Å². The van der Waals surface area contributed by atoms with Crippen LogP contribution in [0.15, 0.2) is 52.6 Å². The van der Waals surface area contributed by atoms with Gasteiger partial charge in [0.25, 0.3) is 0 Å². The molecule has 0 aromatic carbocycles. The minimum Gasteiger partial charge on any atom is -0.477 e. The van der Waals surface area contributed by atoms with Crippen molar-refractivity contribution in [3.63, 3.8) is 0 Å². The van der Waals surface area contributed by atoms with Crippen molar-refractivity contribution in [3.8, 4) is 0 Å². The molecular weight excluding hydrogens is 371 g/mol. The molecule has 1 aliphatic rings. The van der Waals surface area contributed by atoms with Gasteiger partial charge in [0, 0.05) is 36.1 Å². The molecule has 3 rings (SSSR count). The lowest BCUT2D eigenvalue weighted by Crippen LogP contribution is -2.18. The van der Waals surface area contributed by atoms with E-state index in [4.69, 9.17) is 23.2 Å². The van der Waals surface area contributed by atoms with Crippen LogP contribution in [0.25, 0.3) is 0 Å². The highest BCUT2D eigenvalue weighted by Gasteiger charge is 2.23. The number of carboxylic acid groups (broad SMARTS) is 1. The van der Waals surface area contributed by atoms with Gasteiger partial charge in [-0.1, -0.05) is 29.3 Å². The molecule has 2 aromatic rings. The van der Waals surface area contributed by atoms with E-state index in [1.165, 1.54) is 24.2 Å². The SMILES string of the molecule is O=C(O)C1=C(Nc2c(Cl)cncc2Cl)N=C(c2cccnc2)CS1. The Kier molecular flexibility index (Phi) is 5.03. The highest BCUT2D eigenvalue weighted by Crippen LogP contribution is 2.34. The van der Waals surface area contributed by atoms with Crippen molar-refractivity contribution >= 4 is 52.3 Å². The van der Waals surface area contributed by atoms with Gasteiger partial charge in [-0.25, -0.2) is 9.79 Å². The first kappa shape index (κ1) is 16.8. The first-order valence-corrected chi connectivity index (χ1v) is 8.44. The summed E-state index contributed by atoms with van der Waals surface area (Å²) in [5, 5.41) is 12.9. The first-order chi connectivity index (χ1) is 11.6. The number of aliphatic carboxylic acids is 1. The quantitative estimate of drug-likeness (QED) is 0.840. The molecule has 0 aliphatic carbocycles. The molecule has 9 heteroatoms. The monoisotopic (exact) mass is 380 g/mol. The molecular formula is C15H10Cl2N4O2S. The highest BCUT2D eigenvalue weighted by molar-refractivity contribution is 8.04. The van der Waals surface area contributed by atoms with Gasteiger partial charge in [0.1, 0.15) is 4.91 Å². The van der Waals surface area contributed by atoms with E-state index in [0.717, 1.165) is 5.56 Å². The van der Waals surface area contributed by atoms with E-state index >= 15 is 0 Å². The molecule has 122 valence electrons. The van der Waals surface area contributed by atoms with Crippen LogP contribution >= 0.6 is 35.0 Å². The fourth-order valence-electron chi connectivity index (χ4n) is 2.01. The number of hydrogen-bond acceptors (Lipinski definition) is 6. The zero-order valence-electron chi connectivity index (χ0n) is 12.0. The van der Waals surface area contributed by atoms with Crippen molar-refractivity contribution in [1.29, 1.82) is 0 Å². The highest BCUT2D eigenvalue weighted by atomic mass is 35.5. The van der Waals surface area contributed by atoms with Gasteiger partial charge in [-0.3, -0.25) is 9.97 Å². The number of aromatic nitrogens is 2. The Balaban J connectivity index is 2.03. The molecule has 24 heavy (non-hydrogen) atoms. The molecule has 2 N–H and O–H groups in total. The van der Waals surface area contributed by atoms with Gasteiger partial charge in [-0.2, -0.15) is 0 Å². The van der Waals surface area contributed by atoms with Crippen molar-refractivity contribution in [1.82, 2.24) is 9.97 Å². The maximum absolute atomic E-state index is 11.5. The molecule has 0 radical (unpaired) electrons. The van der Waals surface area contributed by atoms with Crippen molar-refractivity contribution in [2.75, 3.05) is 11.1 Å². The van der Waals surface area contributed by atoms with E-state index < -0.39 is 5.97 Å². The van der Waals surface area contributed by atoms with E-state index in [-0.39, 0.29) is 20.8 Å². The molecule has 1 aliphatic heterocycles. The smallest absolute Gasteiger partial charge is 0.346 e. The van der Waals surface area contributed by atoms with Gasteiger partial charge in [0.2, 0.25) is 0 Å². The Morgan fingerprint density at radius 3 is 2.58 bits per heavy atom. The molecule has 0 saturated carbocycles. The van der Waals surface area contributed by atoms with Crippen LogP contribution in [0.1, 0.15) is 5.56 Å². The second-order valence-electron chi connectivity index (χ2n) is 4.67. The van der Waals surface area contributed by atoms with Crippen LogP contribution in [-0.2, 0) is 4.79 Å². The molecule has 0 fully saturated rings. The molecule has 3 heterocycles. The minimum atomic E-state index is -1.07. The number of hydrogen-bond donors (Lipinski definition) is 2. The number of anilines is 1. The Hall–Kier alpha value is -2.09. The Bertz CT molecular complexity index is 836. The normalized spacial score (nSPS) is 14.3. The summed E-state index contributed by atoms with van der Waals surface area (Å²) in [6.45, 7) is 0. The molecule has 0 unspecified atom stereocenters. The number of rotatable bonds is 4. The minimum absolute atomic E-state index is 0.0894. The second kappa shape index (κ2) is 7.21. The third-order valence-electron chi connectivity index (χ3n) is 3.10. The summed E-state index contributed by atoms with van der Waals surface area (Å²) in [7, 11) is 0. The van der Waals surface area contributed by atoms with Crippen LogP contribution in [0, 0.1) is 0 Å². The summed E-state index contributed by atoms with van der Waals surface area (Å²) in [5.74, 6) is -0.471. The van der Waals surface area contributed by atoms with E-state index in [0.29, 0.717) is 17.2 Å². The van der Waals surface area contributed by atoms with E-state index in [2.05, 4.69) is 20.3 Å². The number of nitrogens with one attached hydrogen (secondary N) is 1. The average molecular weight is 381 g/mol. The third kappa shape index (κ3) is 3.53. The van der Waals surface area contributed by atoms with Crippen molar-refractivity contribution < 1.29 is 9.90 Å². The summed E-state index contributed by atoms with van der Waals surface area (Å²) in [6, 6.07) is 3.66. The average Bonchev–Trinajstić information content (AvgIpc) is 2.59. The molecule has 0 bridgehead atoms. The topological polar surface area (TPSA) is 87.5 Å². The zero-order chi connectivity index (χ0) is 17.1. The summed E-state index contributed by atoms with van der Waals surface area (Å²) < 4.78 is 0. The van der Waals surface area contributed by atoms with E-state index in [1.54, 1.807) is 18.5 Å². The second-order valence-corrected chi connectivity index (χ2v) is 6.47. The van der Waals surface area contributed by atoms with Gasteiger partial charge >= 0.3 is 5.97 Å². The van der Waals surface area contributed by atoms with E-state index in [1.807, 2.05) is 6.07 Å². The van der Waals surface area contributed by atoms with Crippen LogP contribution in [0.2, 0.25) is 10.0 Å². The van der Waals surface area contributed by atoms with Crippen molar-refractivity contribution in [2.45, 2.75) is 0 Å². The maximum Gasteiger partial charge on any atom is 0.346 e. The third-order valence-corrected chi connectivity index (χ3v) is 4.75. The van der Waals surface area contributed by atoms with Crippen LogP contribution in [0.4, 0.5) is 5.69 Å². The predicted octanol–water partition coefficient (Wildman–Crippen LogP) is 3.69. The summed E-state index contributed by atoms with van der Waals surface area (Å²) >= 11 is 13.3. The van der Waals surface area contributed by atoms with Gasteiger partial charge in [-0.05, 0) is 6.07 Å². The maximum atomic E-state index is 11.5. The zero-order valence-corrected chi connectivity index (χ0v) is 14.4. The van der Waals surface area contributed by atoms with Gasteiger partial charge in [-0.15, -0.1) is 11.8 Å². The van der Waals surface area contributed by atoms with Crippen LogP contribution in [0.5, 0.6) is 0 Å². The number of carboxylic acids is 1. The Morgan fingerprint density at radius 1 is 1.21 bits per heavy atom. The van der Waals surface area contributed by atoms with Crippen molar-refractivity contribution in [2.24, 2.45) is 4.99 Å². The standard InChI is InChI=1S/C15H10Cl2N4O2S/c16-9-5-19-6-10(17)12(9)21-14-13(15(22)23)24-7-11(20-14)8-2-1-3-18-4-8/h1-6H,7H2,(H,19,21)(H,22,23). The number of pyridine rings is 2. The van der Waals surface area contributed by atoms with Crippen LogP contribution in [-0.4, -0.2) is 32.5 Å². The molecule has 0 amide bonds. The first-order valence-electron chi connectivity index (χ1n) is 6.70. The van der Waals surface area contributed by atoms with Crippen LogP contribution < -0.4 is 5.32 Å². The predicted molar refractivity (Wildman–Crippen MR) is 95.8 cm³/mol. The number of nitrogens with zero attached hydrogens (tertiary/aromatic N) is 3. The number of carbonyl (C=O) groups is 1. The van der Waals surface area contributed by atoms with E-state index in [9.17, 15) is 9.90 Å². The number of aliphatic imine (C=N–C) groups is 1. The molecule has 0 atom stereocenters. The lowest BCUT2D eigenvalue weighted by atomic mass is 10.2. The van der Waals surface area contributed by atoms with Gasteiger partial charge < -0.3 is 10.4 Å². The lowest BCUT2D eigenvalue weighted by Gasteiger charge is -2.18. The number of halogens is 2. The Morgan fingerprint density at radius 2 is 1.96 bits per heavy atom. The molecule has 6 nitrogen and oxygen atoms in total. The Labute approximate surface area is 151 Å². The summed E-state index contributed by atoms with van der Waals surface area (Å²) in [5.41, 5.74) is 1.89. The molecule has 0 spiro atoms. The molecule has 2 aromatic heterocycles. The largest absolute Gasteiger partial charge is 0.477 e. The van der Waals surface area contributed by atoms with Gasteiger partial charge in [0.15, 0.2) is 5.82 Å². The van der Waals surface area contributed by atoms with Crippen molar-refractivity contribution in [3.05, 3.63) is 63.3 Å². The summed E-state index contributed by atoms with van der Waals surface area (Å²) in [4.78, 5) is 23.9.